The fourth-order valence-electron chi connectivity index (χ4n) is 4.17. The Balaban J connectivity index is 1.25. The van der Waals surface area contributed by atoms with Gasteiger partial charge in [0.1, 0.15) is 5.82 Å². The van der Waals surface area contributed by atoms with E-state index < -0.39 is 5.92 Å². The Morgan fingerprint density at radius 2 is 1.88 bits per heavy atom. The molecule has 0 aliphatic carbocycles. The maximum atomic E-state index is 13.5. The van der Waals surface area contributed by atoms with Gasteiger partial charge in [-0.3, -0.25) is 0 Å². The van der Waals surface area contributed by atoms with Crippen LogP contribution in [0.5, 0.6) is 0 Å². The first-order valence-electron chi connectivity index (χ1n) is 11.7. The van der Waals surface area contributed by atoms with Crippen LogP contribution in [0.25, 0.3) is 0 Å². The second-order valence-corrected chi connectivity index (χ2v) is 9.06. The Morgan fingerprint density at radius 3 is 2.53 bits per heavy atom. The van der Waals surface area contributed by atoms with Gasteiger partial charge in [-0.25, -0.2) is 13.8 Å². The molecule has 0 radical (unpaired) electrons. The number of aromatic nitrogens is 1. The molecule has 2 heterocycles. The van der Waals surface area contributed by atoms with Crippen LogP contribution in [0.1, 0.15) is 42.0 Å². The molecule has 3 N–H and O–H groups in total. The molecule has 0 unspecified atom stereocenters. The van der Waals surface area contributed by atoms with E-state index in [1.165, 1.54) is 23.3 Å². The van der Waals surface area contributed by atoms with Crippen molar-refractivity contribution in [2.75, 3.05) is 29.0 Å². The lowest BCUT2D eigenvalue weighted by atomic mass is 10.1. The fourth-order valence-corrected chi connectivity index (χ4v) is 4.17. The van der Waals surface area contributed by atoms with Gasteiger partial charge >= 0.3 is 0 Å². The van der Waals surface area contributed by atoms with Gasteiger partial charge in [0.15, 0.2) is 0 Å². The van der Waals surface area contributed by atoms with Crippen LogP contribution in [0, 0.1) is 6.92 Å². The van der Waals surface area contributed by atoms with Crippen molar-refractivity contribution in [2.24, 2.45) is 0 Å². The molecule has 4 rings (SSSR count). The third kappa shape index (κ3) is 6.23. The number of ether oxygens (including phenoxy) is 1. The van der Waals surface area contributed by atoms with Gasteiger partial charge < -0.3 is 20.7 Å². The number of hydrogen-bond acceptors (Lipinski definition) is 5. The molecule has 34 heavy (non-hydrogen) atoms. The highest BCUT2D eigenvalue weighted by molar-refractivity contribution is 5.67. The van der Waals surface area contributed by atoms with Crippen LogP contribution in [0.3, 0.4) is 0 Å². The van der Waals surface area contributed by atoms with Crippen molar-refractivity contribution < 1.29 is 13.5 Å². The van der Waals surface area contributed by atoms with Gasteiger partial charge in [0.25, 0.3) is 5.92 Å². The number of anilines is 3. The molecule has 3 aromatic rings. The van der Waals surface area contributed by atoms with Crippen molar-refractivity contribution in [1.29, 1.82) is 0 Å². The zero-order valence-corrected chi connectivity index (χ0v) is 19.7. The number of nitrogens with two attached hydrogens (primary N) is 1. The summed E-state index contributed by atoms with van der Waals surface area (Å²) in [5, 5.41) is 3.20. The molecule has 2 aromatic carbocycles. The summed E-state index contributed by atoms with van der Waals surface area (Å²) in [6, 6.07) is 16.8. The van der Waals surface area contributed by atoms with Gasteiger partial charge in [0, 0.05) is 38.3 Å². The molecule has 1 aliphatic heterocycles. The summed E-state index contributed by atoms with van der Waals surface area (Å²) in [5.41, 5.74) is 10.2. The van der Waals surface area contributed by atoms with Crippen LogP contribution < -0.4 is 16.0 Å². The van der Waals surface area contributed by atoms with Crippen molar-refractivity contribution in [3.8, 4) is 0 Å². The highest BCUT2D eigenvalue weighted by atomic mass is 19.3. The number of rotatable bonds is 8. The summed E-state index contributed by atoms with van der Waals surface area (Å²) in [7, 11) is 0. The Labute approximate surface area is 200 Å². The van der Waals surface area contributed by atoms with Crippen molar-refractivity contribution >= 4 is 17.2 Å². The molecule has 1 saturated heterocycles. The summed E-state index contributed by atoms with van der Waals surface area (Å²) in [6.45, 7) is 5.94. The standard InChI is InChI=1S/C27H32F2N4O/c1-19-4-3-5-20(14-19)18-34-23-10-12-33(13-11-23)26-9-6-21(17-32-26)16-31-25-8-7-22(15-24(25)30)27(2,28)29/h3-9,14-15,17,23,31H,10-13,16,18,30H2,1-2H3. The first-order valence-corrected chi connectivity index (χ1v) is 11.7. The maximum absolute atomic E-state index is 13.5. The third-order valence-electron chi connectivity index (χ3n) is 6.18. The molecule has 0 atom stereocenters. The Bertz CT molecular complexity index is 1090. The Kier molecular flexibility index (Phi) is 7.32. The van der Waals surface area contributed by atoms with E-state index in [4.69, 9.17) is 10.5 Å². The Morgan fingerprint density at radius 1 is 1.09 bits per heavy atom. The first kappa shape index (κ1) is 24.0. The van der Waals surface area contributed by atoms with E-state index in [1.54, 1.807) is 6.07 Å². The second-order valence-electron chi connectivity index (χ2n) is 9.06. The van der Waals surface area contributed by atoms with E-state index >= 15 is 0 Å². The first-order chi connectivity index (χ1) is 16.3. The minimum absolute atomic E-state index is 0.0918. The number of alkyl halides is 2. The lowest BCUT2D eigenvalue weighted by Gasteiger charge is -2.32. The quantitative estimate of drug-likeness (QED) is 0.406. The molecular weight excluding hydrogens is 434 g/mol. The maximum Gasteiger partial charge on any atom is 0.270 e. The lowest BCUT2D eigenvalue weighted by Crippen LogP contribution is -2.37. The Hall–Kier alpha value is -3.19. The smallest absolute Gasteiger partial charge is 0.270 e. The van der Waals surface area contributed by atoms with Crippen LogP contribution in [-0.4, -0.2) is 24.2 Å². The molecule has 7 heteroatoms. The van der Waals surface area contributed by atoms with E-state index in [2.05, 4.69) is 46.4 Å². The second kappa shape index (κ2) is 10.4. The van der Waals surface area contributed by atoms with Gasteiger partial charge in [0.05, 0.1) is 24.1 Å². The summed E-state index contributed by atoms with van der Waals surface area (Å²) in [6.07, 6.45) is 4.06. The summed E-state index contributed by atoms with van der Waals surface area (Å²) in [5.74, 6) is -1.96. The number of benzene rings is 2. The largest absolute Gasteiger partial charge is 0.397 e. The molecule has 1 aromatic heterocycles. The molecular formula is C27H32F2N4O. The topological polar surface area (TPSA) is 63.4 Å². The average molecular weight is 467 g/mol. The normalized spacial score (nSPS) is 14.9. The zero-order chi connectivity index (χ0) is 24.1. The van der Waals surface area contributed by atoms with Crippen LogP contribution >= 0.6 is 0 Å². The number of aryl methyl sites for hydroxylation is 1. The van der Waals surface area contributed by atoms with Crippen LogP contribution in [0.15, 0.2) is 60.8 Å². The number of piperidine rings is 1. The van der Waals surface area contributed by atoms with Crippen molar-refractivity contribution in [3.63, 3.8) is 0 Å². The molecule has 180 valence electrons. The van der Waals surface area contributed by atoms with Gasteiger partial charge in [-0.15, -0.1) is 0 Å². The SMILES string of the molecule is Cc1cccc(COC2CCN(c3ccc(CNc4ccc(C(C)(F)F)cc4N)cn3)CC2)c1. The highest BCUT2D eigenvalue weighted by Crippen LogP contribution is 2.31. The minimum atomic E-state index is -2.91. The monoisotopic (exact) mass is 466 g/mol. The van der Waals surface area contributed by atoms with Crippen LogP contribution in [0.4, 0.5) is 26.0 Å². The van der Waals surface area contributed by atoms with Gasteiger partial charge in [-0.05, 0) is 49.1 Å². The average Bonchev–Trinajstić information content (AvgIpc) is 2.82. The molecule has 0 amide bonds. The summed E-state index contributed by atoms with van der Waals surface area (Å²) in [4.78, 5) is 6.91. The van der Waals surface area contributed by atoms with E-state index in [9.17, 15) is 8.78 Å². The number of pyridine rings is 1. The number of nitrogens with zero attached hydrogens (tertiary/aromatic N) is 2. The molecule has 1 aliphatic rings. The van der Waals surface area contributed by atoms with Crippen LogP contribution in [-0.2, 0) is 23.8 Å². The summed E-state index contributed by atoms with van der Waals surface area (Å²) >= 11 is 0. The third-order valence-corrected chi connectivity index (χ3v) is 6.18. The molecule has 0 spiro atoms. The van der Waals surface area contributed by atoms with E-state index in [0.29, 0.717) is 24.5 Å². The molecule has 1 fully saturated rings. The van der Waals surface area contributed by atoms with E-state index in [1.807, 2.05) is 18.3 Å². The van der Waals surface area contributed by atoms with Crippen LogP contribution in [0.2, 0.25) is 0 Å². The van der Waals surface area contributed by atoms with E-state index in [0.717, 1.165) is 44.2 Å². The van der Waals surface area contributed by atoms with Crippen molar-refractivity contribution in [2.45, 2.75) is 51.9 Å². The molecule has 5 nitrogen and oxygen atoms in total. The van der Waals surface area contributed by atoms with Gasteiger partial charge in [-0.1, -0.05) is 42.0 Å². The van der Waals surface area contributed by atoms with Gasteiger partial charge in [0.2, 0.25) is 0 Å². The van der Waals surface area contributed by atoms with E-state index in [-0.39, 0.29) is 11.7 Å². The number of halogens is 2. The fraction of sp³-hybridized carbons (Fsp3) is 0.370. The molecule has 0 saturated carbocycles. The predicted octanol–water partition coefficient (Wildman–Crippen LogP) is 5.88. The lowest BCUT2D eigenvalue weighted by molar-refractivity contribution is 0.0175. The van der Waals surface area contributed by atoms with Gasteiger partial charge in [-0.2, -0.15) is 0 Å². The number of nitrogen functional groups attached to an aromatic ring is 1. The number of nitrogens with one attached hydrogen (secondary N) is 1. The zero-order valence-electron chi connectivity index (χ0n) is 19.7. The van der Waals surface area contributed by atoms with Crippen molar-refractivity contribution in [3.05, 3.63) is 83.0 Å². The van der Waals surface area contributed by atoms with Crippen molar-refractivity contribution in [1.82, 2.24) is 4.98 Å². The summed E-state index contributed by atoms with van der Waals surface area (Å²) < 4.78 is 33.0. The number of hydrogen-bond donors (Lipinski definition) is 2. The highest BCUT2D eigenvalue weighted by Gasteiger charge is 2.24. The molecule has 0 bridgehead atoms. The predicted molar refractivity (Wildman–Crippen MR) is 133 cm³/mol. The minimum Gasteiger partial charge on any atom is -0.397 e.